The van der Waals surface area contributed by atoms with Gasteiger partial charge in [-0.2, -0.15) is 4.98 Å². The summed E-state index contributed by atoms with van der Waals surface area (Å²) in [5.41, 5.74) is 3.36. The quantitative estimate of drug-likeness (QED) is 0.411. The van der Waals surface area contributed by atoms with E-state index in [0.717, 1.165) is 29.0 Å². The Morgan fingerprint density at radius 1 is 1.03 bits per heavy atom. The highest BCUT2D eigenvalue weighted by Crippen LogP contribution is 2.31. The summed E-state index contributed by atoms with van der Waals surface area (Å²) in [7, 11) is 0. The molecule has 0 N–H and O–H groups in total. The Kier molecular flexibility index (Phi) is 7.43. The Balaban J connectivity index is 1.38. The number of likely N-dealkylation sites (tertiary alicyclic amines) is 1. The van der Waals surface area contributed by atoms with Crippen molar-refractivity contribution in [3.8, 4) is 22.9 Å². The number of benzene rings is 2. The van der Waals surface area contributed by atoms with E-state index in [1.165, 1.54) is 5.56 Å². The van der Waals surface area contributed by atoms with Gasteiger partial charge in [0.15, 0.2) is 11.5 Å². The molecule has 0 bridgehead atoms. The van der Waals surface area contributed by atoms with Crippen molar-refractivity contribution in [3.63, 3.8) is 0 Å². The zero-order valence-electron chi connectivity index (χ0n) is 21.3. The van der Waals surface area contributed by atoms with Crippen LogP contribution in [0.4, 0.5) is 0 Å². The fourth-order valence-electron chi connectivity index (χ4n) is 4.31. The number of ether oxygens (including phenoxy) is 2. The number of hydrogen-bond acceptors (Lipinski definition) is 6. The van der Waals surface area contributed by atoms with Crippen LogP contribution >= 0.6 is 0 Å². The molecule has 7 heteroatoms. The van der Waals surface area contributed by atoms with Crippen LogP contribution in [0, 0.1) is 0 Å². The van der Waals surface area contributed by atoms with Gasteiger partial charge in [0.1, 0.15) is 0 Å². The molecule has 1 aliphatic heterocycles. The SMILES string of the molecule is CCOc1ccc(CCN2CC(c3nc(-c4ccc(C(C)(C)C)cc4)no3)CC2=O)cc1OCC. The smallest absolute Gasteiger partial charge is 0.232 e. The van der Waals surface area contributed by atoms with Crippen LogP contribution in [0.25, 0.3) is 11.4 Å². The average molecular weight is 478 g/mol. The maximum absolute atomic E-state index is 12.7. The van der Waals surface area contributed by atoms with E-state index in [0.29, 0.717) is 44.4 Å². The fourth-order valence-corrected chi connectivity index (χ4v) is 4.31. The van der Waals surface area contributed by atoms with Gasteiger partial charge in [0.2, 0.25) is 17.6 Å². The van der Waals surface area contributed by atoms with Gasteiger partial charge in [-0.1, -0.05) is 56.3 Å². The van der Waals surface area contributed by atoms with Gasteiger partial charge in [-0.05, 0) is 48.9 Å². The average Bonchev–Trinajstić information content (AvgIpc) is 3.46. The normalized spacial score (nSPS) is 16.1. The summed E-state index contributed by atoms with van der Waals surface area (Å²) in [4.78, 5) is 19.2. The molecule has 186 valence electrons. The van der Waals surface area contributed by atoms with Crippen LogP contribution in [-0.4, -0.2) is 47.3 Å². The number of nitrogens with zero attached hydrogens (tertiary/aromatic N) is 3. The first-order chi connectivity index (χ1) is 16.8. The lowest BCUT2D eigenvalue weighted by Gasteiger charge is -2.18. The first-order valence-electron chi connectivity index (χ1n) is 12.4. The number of hydrogen-bond donors (Lipinski definition) is 0. The largest absolute Gasteiger partial charge is 0.490 e. The molecule has 0 saturated carbocycles. The lowest BCUT2D eigenvalue weighted by Crippen LogP contribution is -2.27. The van der Waals surface area contributed by atoms with E-state index >= 15 is 0 Å². The third-order valence-corrected chi connectivity index (χ3v) is 6.29. The van der Waals surface area contributed by atoms with Crippen molar-refractivity contribution in [2.24, 2.45) is 0 Å². The van der Waals surface area contributed by atoms with E-state index in [1.807, 2.05) is 49.1 Å². The first-order valence-corrected chi connectivity index (χ1v) is 12.4. The van der Waals surface area contributed by atoms with Crippen LogP contribution in [0.2, 0.25) is 0 Å². The molecule has 2 heterocycles. The molecule has 1 amide bonds. The molecule has 1 unspecified atom stereocenters. The molecule has 1 saturated heterocycles. The molecule has 7 nitrogen and oxygen atoms in total. The van der Waals surface area contributed by atoms with Crippen LogP contribution in [-0.2, 0) is 16.6 Å². The van der Waals surface area contributed by atoms with Crippen molar-refractivity contribution in [1.29, 1.82) is 0 Å². The molecule has 35 heavy (non-hydrogen) atoms. The maximum atomic E-state index is 12.7. The van der Waals surface area contributed by atoms with Gasteiger partial charge in [0.05, 0.1) is 19.1 Å². The molecule has 0 radical (unpaired) electrons. The summed E-state index contributed by atoms with van der Waals surface area (Å²) in [6, 6.07) is 14.2. The highest BCUT2D eigenvalue weighted by Gasteiger charge is 2.34. The van der Waals surface area contributed by atoms with E-state index in [1.54, 1.807) is 0 Å². The lowest BCUT2D eigenvalue weighted by molar-refractivity contribution is -0.127. The van der Waals surface area contributed by atoms with Crippen molar-refractivity contribution in [3.05, 3.63) is 59.5 Å². The predicted octanol–water partition coefficient (Wildman–Crippen LogP) is 5.39. The molecule has 0 aliphatic carbocycles. The Hall–Kier alpha value is -3.35. The topological polar surface area (TPSA) is 77.7 Å². The summed E-state index contributed by atoms with van der Waals surface area (Å²) in [5.74, 6) is 2.60. The standard InChI is InChI=1S/C28H35N3O4/c1-6-33-23-13-8-19(16-24(23)34-7-2)14-15-31-18-21(17-25(31)32)27-29-26(30-35-27)20-9-11-22(12-10-20)28(3,4)5/h8-13,16,21H,6-7,14-15,17-18H2,1-5H3. The van der Waals surface area contributed by atoms with Crippen LogP contribution in [0.3, 0.4) is 0 Å². The zero-order chi connectivity index (χ0) is 25.0. The third-order valence-electron chi connectivity index (χ3n) is 6.29. The Morgan fingerprint density at radius 2 is 1.74 bits per heavy atom. The van der Waals surface area contributed by atoms with Gasteiger partial charge in [0, 0.05) is 25.1 Å². The first kappa shape index (κ1) is 24.8. The van der Waals surface area contributed by atoms with Crippen molar-refractivity contribution >= 4 is 5.91 Å². The molecule has 1 aromatic heterocycles. The maximum Gasteiger partial charge on any atom is 0.232 e. The third kappa shape index (κ3) is 5.84. The number of rotatable bonds is 9. The number of carbonyl (C=O) groups excluding carboxylic acids is 1. The summed E-state index contributed by atoms with van der Waals surface area (Å²) < 4.78 is 16.9. The van der Waals surface area contributed by atoms with E-state index in [9.17, 15) is 4.79 Å². The number of amides is 1. The van der Waals surface area contributed by atoms with Gasteiger partial charge in [0.25, 0.3) is 0 Å². The Morgan fingerprint density at radius 3 is 2.43 bits per heavy atom. The molecule has 0 spiro atoms. The zero-order valence-corrected chi connectivity index (χ0v) is 21.3. The molecule has 1 atom stereocenters. The number of aromatic nitrogens is 2. The lowest BCUT2D eigenvalue weighted by atomic mass is 9.87. The number of carbonyl (C=O) groups is 1. The van der Waals surface area contributed by atoms with E-state index < -0.39 is 0 Å². The minimum absolute atomic E-state index is 0.0862. The predicted molar refractivity (Wildman–Crippen MR) is 135 cm³/mol. The second kappa shape index (κ2) is 10.5. The van der Waals surface area contributed by atoms with Gasteiger partial charge < -0.3 is 18.9 Å². The van der Waals surface area contributed by atoms with E-state index in [2.05, 4.69) is 43.0 Å². The van der Waals surface area contributed by atoms with Crippen molar-refractivity contribution in [2.75, 3.05) is 26.3 Å². The molecule has 3 aromatic rings. The summed E-state index contributed by atoms with van der Waals surface area (Å²) >= 11 is 0. The van der Waals surface area contributed by atoms with Crippen LogP contribution in [0.5, 0.6) is 11.5 Å². The van der Waals surface area contributed by atoms with Crippen molar-refractivity contribution < 1.29 is 18.8 Å². The summed E-state index contributed by atoms with van der Waals surface area (Å²) in [6.45, 7) is 12.8. The van der Waals surface area contributed by atoms with E-state index in [-0.39, 0.29) is 17.2 Å². The molecule has 4 rings (SSSR count). The van der Waals surface area contributed by atoms with Gasteiger partial charge in [-0.25, -0.2) is 0 Å². The Bertz CT molecular complexity index is 1150. The molecule has 1 fully saturated rings. The molecule has 1 aliphatic rings. The van der Waals surface area contributed by atoms with Crippen molar-refractivity contribution in [2.45, 2.75) is 58.8 Å². The highest BCUT2D eigenvalue weighted by atomic mass is 16.5. The fraction of sp³-hybridized carbons (Fsp3) is 0.464. The minimum atomic E-state index is -0.0862. The van der Waals surface area contributed by atoms with Gasteiger partial charge in [-0.3, -0.25) is 4.79 Å². The molecular weight excluding hydrogens is 442 g/mol. The summed E-state index contributed by atoms with van der Waals surface area (Å²) in [6.07, 6.45) is 1.12. The minimum Gasteiger partial charge on any atom is -0.490 e. The second-order valence-electron chi connectivity index (χ2n) is 9.92. The monoisotopic (exact) mass is 477 g/mol. The molecule has 2 aromatic carbocycles. The van der Waals surface area contributed by atoms with Crippen LogP contribution in [0.15, 0.2) is 47.0 Å². The van der Waals surface area contributed by atoms with E-state index in [4.69, 9.17) is 14.0 Å². The second-order valence-corrected chi connectivity index (χ2v) is 9.92. The van der Waals surface area contributed by atoms with Crippen LogP contribution in [0.1, 0.15) is 64.0 Å². The van der Waals surface area contributed by atoms with Gasteiger partial charge >= 0.3 is 0 Å². The summed E-state index contributed by atoms with van der Waals surface area (Å²) in [5, 5.41) is 4.18. The van der Waals surface area contributed by atoms with Crippen LogP contribution < -0.4 is 9.47 Å². The van der Waals surface area contributed by atoms with Gasteiger partial charge in [-0.15, -0.1) is 0 Å². The van der Waals surface area contributed by atoms with Crippen molar-refractivity contribution in [1.82, 2.24) is 15.0 Å². The Labute approximate surface area is 207 Å². The highest BCUT2D eigenvalue weighted by molar-refractivity contribution is 5.79. The molecular formula is C28H35N3O4.